The standard InChI is InChI=1S/C10H16N2O3/c1-11-9(13)6-4-12(5-6)8-3-2-7(8)10(14)15/h6-8H,2-5H2,1H3,(H,11,13)(H,14,15). The molecule has 5 heteroatoms. The normalized spacial score (nSPS) is 31.5. The van der Waals surface area contributed by atoms with E-state index in [2.05, 4.69) is 10.2 Å². The maximum atomic E-state index is 11.2. The van der Waals surface area contributed by atoms with Crippen molar-refractivity contribution in [1.29, 1.82) is 0 Å². The van der Waals surface area contributed by atoms with Crippen LogP contribution >= 0.6 is 0 Å². The Kier molecular flexibility index (Phi) is 2.65. The number of hydrogen-bond acceptors (Lipinski definition) is 3. The van der Waals surface area contributed by atoms with E-state index >= 15 is 0 Å². The lowest BCUT2D eigenvalue weighted by atomic mass is 9.76. The van der Waals surface area contributed by atoms with Gasteiger partial charge in [0.25, 0.3) is 0 Å². The van der Waals surface area contributed by atoms with E-state index in [-0.39, 0.29) is 23.8 Å². The van der Waals surface area contributed by atoms with E-state index in [0.29, 0.717) is 13.1 Å². The van der Waals surface area contributed by atoms with Gasteiger partial charge in [0.1, 0.15) is 0 Å². The number of carboxylic acid groups (broad SMARTS) is 1. The van der Waals surface area contributed by atoms with Crippen molar-refractivity contribution in [1.82, 2.24) is 10.2 Å². The summed E-state index contributed by atoms with van der Waals surface area (Å²) in [6, 6.07) is 0.170. The van der Waals surface area contributed by atoms with Gasteiger partial charge in [-0.15, -0.1) is 0 Å². The molecular weight excluding hydrogens is 196 g/mol. The second-order valence-electron chi connectivity index (χ2n) is 4.35. The van der Waals surface area contributed by atoms with Crippen molar-refractivity contribution in [3.05, 3.63) is 0 Å². The van der Waals surface area contributed by atoms with Crippen LogP contribution in [0.1, 0.15) is 12.8 Å². The third kappa shape index (κ3) is 1.71. The van der Waals surface area contributed by atoms with Gasteiger partial charge in [-0.25, -0.2) is 0 Å². The molecule has 1 aliphatic heterocycles. The summed E-state index contributed by atoms with van der Waals surface area (Å²) in [4.78, 5) is 24.1. The number of nitrogens with one attached hydrogen (secondary N) is 1. The van der Waals surface area contributed by atoms with Crippen molar-refractivity contribution >= 4 is 11.9 Å². The van der Waals surface area contributed by atoms with Gasteiger partial charge in [-0.05, 0) is 12.8 Å². The Balaban J connectivity index is 1.80. The summed E-state index contributed by atoms with van der Waals surface area (Å²) in [5.41, 5.74) is 0. The molecule has 0 aromatic carbocycles. The van der Waals surface area contributed by atoms with Gasteiger partial charge in [-0.2, -0.15) is 0 Å². The first-order valence-electron chi connectivity index (χ1n) is 5.32. The topological polar surface area (TPSA) is 69.6 Å². The van der Waals surface area contributed by atoms with Gasteiger partial charge in [-0.1, -0.05) is 0 Å². The Morgan fingerprint density at radius 1 is 1.33 bits per heavy atom. The molecule has 0 aromatic heterocycles. The quantitative estimate of drug-likeness (QED) is 0.663. The zero-order valence-corrected chi connectivity index (χ0v) is 8.77. The van der Waals surface area contributed by atoms with Crippen LogP contribution in [0.5, 0.6) is 0 Å². The SMILES string of the molecule is CNC(=O)C1CN(C2CCC2C(=O)O)C1. The van der Waals surface area contributed by atoms with Crippen LogP contribution < -0.4 is 5.32 Å². The van der Waals surface area contributed by atoms with E-state index in [0.717, 1.165) is 12.8 Å². The van der Waals surface area contributed by atoms with E-state index in [9.17, 15) is 9.59 Å². The van der Waals surface area contributed by atoms with Gasteiger partial charge in [0.2, 0.25) is 5.91 Å². The van der Waals surface area contributed by atoms with Gasteiger partial charge in [0, 0.05) is 26.2 Å². The molecule has 84 valence electrons. The zero-order valence-electron chi connectivity index (χ0n) is 8.77. The van der Waals surface area contributed by atoms with Gasteiger partial charge in [0.05, 0.1) is 11.8 Å². The fourth-order valence-corrected chi connectivity index (χ4v) is 2.36. The highest BCUT2D eigenvalue weighted by molar-refractivity contribution is 5.79. The zero-order chi connectivity index (χ0) is 11.0. The lowest BCUT2D eigenvalue weighted by Crippen LogP contribution is -2.62. The summed E-state index contributed by atoms with van der Waals surface area (Å²) in [6.45, 7) is 1.43. The molecule has 0 aromatic rings. The summed E-state index contributed by atoms with van der Waals surface area (Å²) < 4.78 is 0. The number of amides is 1. The van der Waals surface area contributed by atoms with Crippen LogP contribution in [0.25, 0.3) is 0 Å². The fraction of sp³-hybridized carbons (Fsp3) is 0.800. The second-order valence-corrected chi connectivity index (χ2v) is 4.35. The number of likely N-dealkylation sites (tertiary alicyclic amines) is 1. The molecule has 1 aliphatic carbocycles. The van der Waals surface area contributed by atoms with Crippen molar-refractivity contribution in [3.63, 3.8) is 0 Å². The fourth-order valence-electron chi connectivity index (χ4n) is 2.36. The molecule has 15 heavy (non-hydrogen) atoms. The molecular formula is C10H16N2O3. The number of carbonyl (C=O) groups is 2. The molecule has 1 saturated carbocycles. The molecule has 0 radical (unpaired) electrons. The predicted molar refractivity (Wildman–Crippen MR) is 53.3 cm³/mol. The summed E-state index contributed by atoms with van der Waals surface area (Å²) in [6.07, 6.45) is 1.73. The van der Waals surface area contributed by atoms with Crippen LogP contribution in [0, 0.1) is 11.8 Å². The van der Waals surface area contributed by atoms with Crippen LogP contribution in [0.15, 0.2) is 0 Å². The molecule has 1 heterocycles. The molecule has 2 N–H and O–H groups in total. The molecule has 0 bridgehead atoms. The van der Waals surface area contributed by atoms with Crippen LogP contribution in [-0.2, 0) is 9.59 Å². The number of hydrogen-bond donors (Lipinski definition) is 2. The number of carbonyl (C=O) groups excluding carboxylic acids is 1. The summed E-state index contributed by atoms with van der Waals surface area (Å²) >= 11 is 0. The minimum Gasteiger partial charge on any atom is -0.481 e. The van der Waals surface area contributed by atoms with E-state index in [1.165, 1.54) is 0 Å². The third-order valence-electron chi connectivity index (χ3n) is 3.55. The van der Waals surface area contributed by atoms with E-state index in [1.54, 1.807) is 7.05 Å². The summed E-state index contributed by atoms with van der Waals surface area (Å²) in [5, 5.41) is 11.5. The summed E-state index contributed by atoms with van der Waals surface area (Å²) in [5.74, 6) is -0.784. The first kappa shape index (κ1) is 10.4. The maximum Gasteiger partial charge on any atom is 0.308 e. The van der Waals surface area contributed by atoms with Crippen LogP contribution in [0.3, 0.4) is 0 Å². The maximum absolute atomic E-state index is 11.2. The Hall–Kier alpha value is -1.10. The van der Waals surface area contributed by atoms with Crippen molar-refractivity contribution in [2.24, 2.45) is 11.8 Å². The number of rotatable bonds is 3. The van der Waals surface area contributed by atoms with E-state index in [1.807, 2.05) is 0 Å². The molecule has 1 saturated heterocycles. The van der Waals surface area contributed by atoms with Crippen molar-refractivity contribution < 1.29 is 14.7 Å². The van der Waals surface area contributed by atoms with Crippen LogP contribution in [0.4, 0.5) is 0 Å². The van der Waals surface area contributed by atoms with E-state index < -0.39 is 5.97 Å². The minimum atomic E-state index is -0.699. The Bertz CT molecular complexity index is 286. The van der Waals surface area contributed by atoms with Gasteiger partial charge >= 0.3 is 5.97 Å². The van der Waals surface area contributed by atoms with Gasteiger partial charge in [-0.3, -0.25) is 14.5 Å². The van der Waals surface area contributed by atoms with Crippen LogP contribution in [-0.4, -0.2) is 48.1 Å². The summed E-state index contributed by atoms with van der Waals surface area (Å²) in [7, 11) is 1.63. The monoisotopic (exact) mass is 212 g/mol. The highest BCUT2D eigenvalue weighted by Crippen LogP contribution is 2.36. The average Bonchev–Trinajstić information content (AvgIpc) is 2.05. The van der Waals surface area contributed by atoms with Crippen molar-refractivity contribution in [2.45, 2.75) is 18.9 Å². The Morgan fingerprint density at radius 3 is 2.40 bits per heavy atom. The van der Waals surface area contributed by atoms with E-state index in [4.69, 9.17) is 5.11 Å². The first-order chi connectivity index (χ1) is 7.13. The van der Waals surface area contributed by atoms with Crippen molar-refractivity contribution in [2.75, 3.05) is 20.1 Å². The minimum absolute atomic E-state index is 0.0602. The molecule has 2 aliphatic rings. The van der Waals surface area contributed by atoms with Crippen LogP contribution in [0.2, 0.25) is 0 Å². The molecule has 2 atom stereocenters. The highest BCUT2D eigenvalue weighted by atomic mass is 16.4. The first-order valence-corrected chi connectivity index (χ1v) is 5.32. The highest BCUT2D eigenvalue weighted by Gasteiger charge is 2.46. The smallest absolute Gasteiger partial charge is 0.308 e. The number of carboxylic acids is 1. The van der Waals surface area contributed by atoms with Gasteiger partial charge in [0.15, 0.2) is 0 Å². The van der Waals surface area contributed by atoms with Crippen molar-refractivity contribution in [3.8, 4) is 0 Å². The lowest BCUT2D eigenvalue weighted by Gasteiger charge is -2.49. The molecule has 2 rings (SSSR count). The largest absolute Gasteiger partial charge is 0.481 e. The Morgan fingerprint density at radius 2 is 2.00 bits per heavy atom. The lowest BCUT2D eigenvalue weighted by molar-refractivity contribution is -0.152. The molecule has 2 fully saturated rings. The third-order valence-corrected chi connectivity index (χ3v) is 3.55. The molecule has 0 spiro atoms. The average molecular weight is 212 g/mol. The Labute approximate surface area is 88.4 Å². The molecule has 5 nitrogen and oxygen atoms in total. The number of aliphatic carboxylic acids is 1. The second kappa shape index (κ2) is 3.81. The molecule has 2 unspecified atom stereocenters. The molecule has 1 amide bonds. The number of nitrogens with zero attached hydrogens (tertiary/aromatic N) is 1. The predicted octanol–water partition coefficient (Wildman–Crippen LogP) is -0.473. The van der Waals surface area contributed by atoms with Gasteiger partial charge < -0.3 is 10.4 Å².